The molecule has 2 saturated heterocycles. The van der Waals surface area contributed by atoms with E-state index in [0.717, 1.165) is 25.9 Å². The molecule has 28 heavy (non-hydrogen) atoms. The van der Waals surface area contributed by atoms with Crippen molar-refractivity contribution in [2.45, 2.75) is 38.8 Å². The van der Waals surface area contributed by atoms with Gasteiger partial charge < -0.3 is 15.1 Å². The van der Waals surface area contributed by atoms with E-state index in [-0.39, 0.29) is 23.8 Å². The van der Waals surface area contributed by atoms with Gasteiger partial charge in [-0.2, -0.15) is 0 Å². The van der Waals surface area contributed by atoms with E-state index in [9.17, 15) is 14.4 Å². The lowest BCUT2D eigenvalue weighted by molar-refractivity contribution is -0.138. The van der Waals surface area contributed by atoms with Gasteiger partial charge in [0.15, 0.2) is 0 Å². The molecule has 1 unspecified atom stereocenters. The number of piperazine rings is 1. The number of benzene rings is 1. The van der Waals surface area contributed by atoms with Crippen LogP contribution in [0.2, 0.25) is 0 Å². The fourth-order valence-corrected chi connectivity index (χ4v) is 3.97. The first-order chi connectivity index (χ1) is 13.5. The van der Waals surface area contributed by atoms with Crippen molar-refractivity contribution in [3.8, 4) is 0 Å². The molecule has 0 aliphatic carbocycles. The zero-order valence-electron chi connectivity index (χ0n) is 16.6. The second-order valence-corrected chi connectivity index (χ2v) is 7.54. The monoisotopic (exact) mass is 386 g/mol. The molecule has 0 bridgehead atoms. The average Bonchev–Trinajstić information content (AvgIpc) is 3.17. The molecule has 2 aliphatic rings. The van der Waals surface area contributed by atoms with Crippen LogP contribution < -0.4 is 5.32 Å². The van der Waals surface area contributed by atoms with Gasteiger partial charge in [0.25, 0.3) is 0 Å². The number of likely N-dealkylation sites (tertiary alicyclic amines) is 1. The van der Waals surface area contributed by atoms with Gasteiger partial charge in [-0.05, 0) is 24.9 Å². The Bertz CT molecular complexity index is 686. The first kappa shape index (κ1) is 20.3. The fourth-order valence-electron chi connectivity index (χ4n) is 3.97. The molecule has 1 aromatic rings. The summed E-state index contributed by atoms with van der Waals surface area (Å²) in [6, 6.07) is 10.1. The fraction of sp³-hybridized carbons (Fsp3) is 0.571. The minimum atomic E-state index is -0.116. The third kappa shape index (κ3) is 5.32. The number of nitrogens with zero attached hydrogens (tertiary/aromatic N) is 3. The zero-order chi connectivity index (χ0) is 19.9. The van der Waals surface area contributed by atoms with E-state index in [1.165, 1.54) is 5.56 Å². The van der Waals surface area contributed by atoms with Gasteiger partial charge in [-0.1, -0.05) is 30.3 Å². The molecule has 0 spiro atoms. The van der Waals surface area contributed by atoms with Gasteiger partial charge in [0.05, 0.1) is 6.04 Å². The number of rotatable bonds is 6. The van der Waals surface area contributed by atoms with Crippen LogP contribution in [0.5, 0.6) is 0 Å². The Kier molecular flexibility index (Phi) is 7.03. The number of carbonyl (C=O) groups is 3. The summed E-state index contributed by atoms with van der Waals surface area (Å²) < 4.78 is 0. The van der Waals surface area contributed by atoms with Crippen molar-refractivity contribution in [2.24, 2.45) is 0 Å². The molecule has 7 nitrogen and oxygen atoms in total. The van der Waals surface area contributed by atoms with Crippen molar-refractivity contribution in [2.75, 3.05) is 39.3 Å². The van der Waals surface area contributed by atoms with E-state index in [1.54, 1.807) is 16.7 Å². The van der Waals surface area contributed by atoms with Crippen LogP contribution in [0.3, 0.4) is 0 Å². The lowest BCUT2D eigenvalue weighted by Crippen LogP contribution is -2.50. The largest absolute Gasteiger partial charge is 0.354 e. The Labute approximate surface area is 166 Å². The molecule has 0 aromatic heterocycles. The molecule has 0 saturated carbocycles. The maximum Gasteiger partial charge on any atom is 0.237 e. The molecule has 2 aliphatic heterocycles. The summed E-state index contributed by atoms with van der Waals surface area (Å²) in [6.45, 7) is 5.93. The van der Waals surface area contributed by atoms with Crippen LogP contribution >= 0.6 is 0 Å². The third-order valence-electron chi connectivity index (χ3n) is 5.61. The van der Waals surface area contributed by atoms with Crippen molar-refractivity contribution in [1.29, 1.82) is 0 Å². The molecule has 0 radical (unpaired) electrons. The highest BCUT2D eigenvalue weighted by molar-refractivity contribution is 5.83. The number of hydrogen-bond donors (Lipinski definition) is 1. The molecular formula is C21H30N4O3. The summed E-state index contributed by atoms with van der Waals surface area (Å²) >= 11 is 0. The molecule has 3 amide bonds. The van der Waals surface area contributed by atoms with Crippen LogP contribution in [0.4, 0.5) is 0 Å². The maximum absolute atomic E-state index is 12.6. The standard InChI is InChI=1S/C21H30N4O3/c1-17(26)23-12-14-24(15-13-23)20(27)9-10-22-21(28)19-8-5-11-25(19)16-18-6-3-2-4-7-18/h2-4,6-7,19H,5,8-16H2,1H3,(H,22,28). The summed E-state index contributed by atoms with van der Waals surface area (Å²) in [5, 5.41) is 2.94. The topological polar surface area (TPSA) is 73.0 Å². The zero-order valence-corrected chi connectivity index (χ0v) is 16.6. The van der Waals surface area contributed by atoms with Gasteiger partial charge in [-0.15, -0.1) is 0 Å². The molecule has 152 valence electrons. The van der Waals surface area contributed by atoms with Crippen LogP contribution in [0, 0.1) is 0 Å². The van der Waals surface area contributed by atoms with Gasteiger partial charge in [-0.25, -0.2) is 0 Å². The number of hydrogen-bond acceptors (Lipinski definition) is 4. The lowest BCUT2D eigenvalue weighted by Gasteiger charge is -2.34. The first-order valence-electron chi connectivity index (χ1n) is 10.1. The molecule has 1 atom stereocenters. The van der Waals surface area contributed by atoms with Gasteiger partial charge in [0.1, 0.15) is 0 Å². The second kappa shape index (κ2) is 9.68. The summed E-state index contributed by atoms with van der Waals surface area (Å²) in [5.74, 6) is 0.106. The van der Waals surface area contributed by atoms with E-state index < -0.39 is 0 Å². The van der Waals surface area contributed by atoms with Crippen LogP contribution in [0.25, 0.3) is 0 Å². The van der Waals surface area contributed by atoms with Crippen molar-refractivity contribution < 1.29 is 14.4 Å². The molecule has 3 rings (SSSR count). The molecule has 1 aromatic carbocycles. The van der Waals surface area contributed by atoms with Crippen molar-refractivity contribution in [3.63, 3.8) is 0 Å². The quantitative estimate of drug-likeness (QED) is 0.787. The van der Waals surface area contributed by atoms with Crippen molar-refractivity contribution in [3.05, 3.63) is 35.9 Å². The Morgan fingerprint density at radius 2 is 1.68 bits per heavy atom. The second-order valence-electron chi connectivity index (χ2n) is 7.54. The molecule has 7 heteroatoms. The van der Waals surface area contributed by atoms with E-state index in [0.29, 0.717) is 39.1 Å². The van der Waals surface area contributed by atoms with Crippen molar-refractivity contribution in [1.82, 2.24) is 20.0 Å². The molecule has 2 fully saturated rings. The summed E-state index contributed by atoms with van der Waals surface area (Å²) in [5.41, 5.74) is 1.21. The summed E-state index contributed by atoms with van der Waals surface area (Å²) in [4.78, 5) is 42.1. The van der Waals surface area contributed by atoms with Gasteiger partial charge in [0.2, 0.25) is 17.7 Å². The minimum Gasteiger partial charge on any atom is -0.354 e. The van der Waals surface area contributed by atoms with Crippen molar-refractivity contribution >= 4 is 17.7 Å². The lowest BCUT2D eigenvalue weighted by atomic mass is 10.1. The first-order valence-corrected chi connectivity index (χ1v) is 10.1. The molecule has 1 N–H and O–H groups in total. The molecular weight excluding hydrogens is 356 g/mol. The predicted octanol–water partition coefficient (Wildman–Crippen LogP) is 0.848. The Hall–Kier alpha value is -2.41. The highest BCUT2D eigenvalue weighted by Crippen LogP contribution is 2.20. The highest BCUT2D eigenvalue weighted by Gasteiger charge is 2.30. The van der Waals surface area contributed by atoms with Gasteiger partial charge in [-0.3, -0.25) is 19.3 Å². The van der Waals surface area contributed by atoms with Crippen LogP contribution in [-0.2, 0) is 20.9 Å². The van der Waals surface area contributed by atoms with Gasteiger partial charge in [0, 0.05) is 52.6 Å². The smallest absolute Gasteiger partial charge is 0.237 e. The van der Waals surface area contributed by atoms with E-state index in [1.807, 2.05) is 18.2 Å². The summed E-state index contributed by atoms with van der Waals surface area (Å²) in [6.07, 6.45) is 2.18. The Morgan fingerprint density at radius 3 is 2.36 bits per heavy atom. The van der Waals surface area contributed by atoms with E-state index in [2.05, 4.69) is 22.3 Å². The Balaban J connectivity index is 1.40. The van der Waals surface area contributed by atoms with E-state index >= 15 is 0 Å². The number of nitrogens with one attached hydrogen (secondary N) is 1. The summed E-state index contributed by atoms with van der Waals surface area (Å²) in [7, 11) is 0. The SMILES string of the molecule is CC(=O)N1CCN(C(=O)CCNC(=O)C2CCCN2Cc2ccccc2)CC1. The average molecular weight is 386 g/mol. The third-order valence-corrected chi connectivity index (χ3v) is 5.61. The van der Waals surface area contributed by atoms with Crippen LogP contribution in [0.15, 0.2) is 30.3 Å². The van der Waals surface area contributed by atoms with Gasteiger partial charge >= 0.3 is 0 Å². The van der Waals surface area contributed by atoms with Crippen LogP contribution in [-0.4, -0.2) is 77.7 Å². The van der Waals surface area contributed by atoms with Crippen LogP contribution in [0.1, 0.15) is 31.7 Å². The predicted molar refractivity (Wildman–Crippen MR) is 106 cm³/mol. The molecule has 2 heterocycles. The minimum absolute atomic E-state index is 0.0163. The van der Waals surface area contributed by atoms with E-state index in [4.69, 9.17) is 0 Å². The number of carbonyl (C=O) groups excluding carboxylic acids is 3. The highest BCUT2D eigenvalue weighted by atomic mass is 16.2. The maximum atomic E-state index is 12.6. The Morgan fingerprint density at radius 1 is 1.00 bits per heavy atom. The normalized spacial score (nSPS) is 20.2. The number of amides is 3.